The predicted octanol–water partition coefficient (Wildman–Crippen LogP) is 0.824. The molecular formula is C13H14N4O3S. The fourth-order valence-electron chi connectivity index (χ4n) is 1.60. The second-order valence-corrected chi connectivity index (χ2v) is 5.86. The van der Waals surface area contributed by atoms with E-state index in [1.807, 2.05) is 0 Å². The summed E-state index contributed by atoms with van der Waals surface area (Å²) in [7, 11) is -2.22. The monoisotopic (exact) mass is 306 g/mol. The smallest absolute Gasteiger partial charge is 0.263 e. The summed E-state index contributed by atoms with van der Waals surface area (Å²) in [6.45, 7) is 0. The molecule has 0 saturated heterocycles. The van der Waals surface area contributed by atoms with Crippen LogP contribution in [0, 0.1) is 0 Å². The third kappa shape index (κ3) is 3.48. The van der Waals surface area contributed by atoms with Gasteiger partial charge in [-0.25, -0.2) is 13.4 Å². The molecule has 0 aliphatic heterocycles. The fraction of sp³-hybridized carbons (Fsp3) is 0.0769. The second-order valence-electron chi connectivity index (χ2n) is 4.18. The zero-order chi connectivity index (χ0) is 15.5. The van der Waals surface area contributed by atoms with Crippen molar-refractivity contribution in [2.24, 2.45) is 0 Å². The first-order chi connectivity index (χ1) is 9.92. The molecule has 0 saturated carbocycles. The van der Waals surface area contributed by atoms with Crippen LogP contribution in [0.15, 0.2) is 47.5 Å². The van der Waals surface area contributed by atoms with Crippen LogP contribution in [0.1, 0.15) is 10.4 Å². The van der Waals surface area contributed by atoms with Gasteiger partial charge in [-0.05, 0) is 36.4 Å². The Hall–Kier alpha value is -2.61. The average Bonchev–Trinajstić information content (AvgIpc) is 2.47. The molecule has 0 aliphatic rings. The Morgan fingerprint density at radius 2 is 1.81 bits per heavy atom. The van der Waals surface area contributed by atoms with Crippen molar-refractivity contribution in [2.45, 2.75) is 4.90 Å². The number of sulfonamides is 1. The largest absolute Gasteiger partial charge is 0.384 e. The maximum absolute atomic E-state index is 12.1. The highest BCUT2D eigenvalue weighted by atomic mass is 32.2. The molecule has 0 radical (unpaired) electrons. The van der Waals surface area contributed by atoms with Gasteiger partial charge in [-0.2, -0.15) is 0 Å². The molecule has 8 heteroatoms. The highest BCUT2D eigenvalue weighted by Crippen LogP contribution is 2.16. The molecule has 4 N–H and O–H groups in total. The van der Waals surface area contributed by atoms with Gasteiger partial charge in [-0.1, -0.05) is 0 Å². The molecule has 0 unspecified atom stereocenters. The number of benzene rings is 1. The van der Waals surface area contributed by atoms with E-state index in [1.54, 1.807) is 0 Å². The first-order valence-electron chi connectivity index (χ1n) is 5.99. The lowest BCUT2D eigenvalue weighted by atomic mass is 10.2. The van der Waals surface area contributed by atoms with Crippen LogP contribution in [0.5, 0.6) is 0 Å². The number of nitrogens with zero attached hydrogens (tertiary/aromatic N) is 1. The van der Waals surface area contributed by atoms with Crippen LogP contribution < -0.4 is 15.8 Å². The molecule has 7 nitrogen and oxygen atoms in total. The van der Waals surface area contributed by atoms with Gasteiger partial charge in [0.15, 0.2) is 0 Å². The van der Waals surface area contributed by atoms with Crippen molar-refractivity contribution in [3.63, 3.8) is 0 Å². The van der Waals surface area contributed by atoms with E-state index in [9.17, 15) is 13.2 Å². The van der Waals surface area contributed by atoms with Crippen LogP contribution in [0.4, 0.5) is 11.5 Å². The molecule has 0 atom stereocenters. The highest BCUT2D eigenvalue weighted by Gasteiger charge is 2.14. The van der Waals surface area contributed by atoms with Crippen LogP contribution in [-0.4, -0.2) is 26.4 Å². The Bertz CT molecular complexity index is 740. The molecule has 1 aromatic carbocycles. The second kappa shape index (κ2) is 5.80. The Morgan fingerprint density at radius 3 is 2.33 bits per heavy atom. The minimum Gasteiger partial charge on any atom is -0.384 e. The van der Waals surface area contributed by atoms with Crippen molar-refractivity contribution >= 4 is 27.4 Å². The summed E-state index contributed by atoms with van der Waals surface area (Å²) < 4.78 is 26.6. The molecule has 0 bridgehead atoms. The SMILES string of the molecule is CNC(=O)c1ccc(NS(=O)(=O)c2ccc(N)nc2)cc1. The summed E-state index contributed by atoms with van der Waals surface area (Å²) >= 11 is 0. The van der Waals surface area contributed by atoms with Crippen molar-refractivity contribution in [3.05, 3.63) is 48.2 Å². The molecule has 21 heavy (non-hydrogen) atoms. The Kier molecular flexibility index (Phi) is 4.08. The van der Waals surface area contributed by atoms with Gasteiger partial charge in [0, 0.05) is 24.5 Å². The minimum atomic E-state index is -3.74. The zero-order valence-electron chi connectivity index (χ0n) is 11.2. The molecule has 2 aromatic rings. The molecule has 0 fully saturated rings. The predicted molar refractivity (Wildman–Crippen MR) is 79.3 cm³/mol. The van der Waals surface area contributed by atoms with Crippen LogP contribution in [-0.2, 0) is 10.0 Å². The van der Waals surface area contributed by atoms with Crippen molar-refractivity contribution in [2.75, 3.05) is 17.5 Å². The van der Waals surface area contributed by atoms with Gasteiger partial charge in [-0.15, -0.1) is 0 Å². The summed E-state index contributed by atoms with van der Waals surface area (Å²) in [4.78, 5) is 15.1. The number of aromatic nitrogens is 1. The van der Waals surface area contributed by atoms with E-state index in [4.69, 9.17) is 5.73 Å². The molecular weight excluding hydrogens is 292 g/mol. The standard InChI is InChI=1S/C13H14N4O3S/c1-15-13(18)9-2-4-10(5-3-9)17-21(19,20)11-6-7-12(14)16-8-11/h2-8,17H,1H3,(H2,14,16)(H,15,18). The van der Waals surface area contributed by atoms with Crippen LogP contribution >= 0.6 is 0 Å². The number of nitrogens with one attached hydrogen (secondary N) is 2. The van der Waals surface area contributed by atoms with Gasteiger partial charge in [0.1, 0.15) is 10.7 Å². The van der Waals surface area contributed by atoms with Crippen molar-refractivity contribution in [1.29, 1.82) is 0 Å². The van der Waals surface area contributed by atoms with Gasteiger partial charge in [0.25, 0.3) is 15.9 Å². The van der Waals surface area contributed by atoms with Gasteiger partial charge in [-0.3, -0.25) is 9.52 Å². The first-order valence-corrected chi connectivity index (χ1v) is 7.47. The lowest BCUT2D eigenvalue weighted by molar-refractivity contribution is 0.0963. The summed E-state index contributed by atoms with van der Waals surface area (Å²) in [5.74, 6) is -0.00368. The number of anilines is 2. The van der Waals surface area contributed by atoms with E-state index >= 15 is 0 Å². The summed E-state index contributed by atoms with van der Waals surface area (Å²) in [6, 6.07) is 8.84. The number of nitrogens with two attached hydrogens (primary N) is 1. The summed E-state index contributed by atoms with van der Waals surface area (Å²) in [5, 5.41) is 2.48. The molecule has 1 aromatic heterocycles. The molecule has 110 valence electrons. The normalized spacial score (nSPS) is 10.9. The number of nitrogen functional groups attached to an aromatic ring is 1. The van der Waals surface area contributed by atoms with E-state index in [-0.39, 0.29) is 16.6 Å². The van der Waals surface area contributed by atoms with E-state index in [0.717, 1.165) is 0 Å². The van der Waals surface area contributed by atoms with E-state index < -0.39 is 10.0 Å². The maximum Gasteiger partial charge on any atom is 0.263 e. The minimum absolute atomic E-state index is 0.00655. The Morgan fingerprint density at radius 1 is 1.14 bits per heavy atom. The number of hydrogen-bond donors (Lipinski definition) is 3. The lowest BCUT2D eigenvalue weighted by Crippen LogP contribution is -2.18. The Labute approximate surface area is 122 Å². The molecule has 1 amide bonds. The van der Waals surface area contributed by atoms with Crippen LogP contribution in [0.2, 0.25) is 0 Å². The average molecular weight is 306 g/mol. The number of rotatable bonds is 4. The topological polar surface area (TPSA) is 114 Å². The number of carbonyl (C=O) groups excluding carboxylic acids is 1. The van der Waals surface area contributed by atoms with Crippen LogP contribution in [0.25, 0.3) is 0 Å². The fourth-order valence-corrected chi connectivity index (χ4v) is 2.60. The van der Waals surface area contributed by atoms with E-state index in [1.165, 1.54) is 49.6 Å². The van der Waals surface area contributed by atoms with Crippen molar-refractivity contribution in [3.8, 4) is 0 Å². The summed E-state index contributed by atoms with van der Waals surface area (Å²) in [5.41, 5.74) is 6.20. The molecule has 0 spiro atoms. The quantitative estimate of drug-likeness (QED) is 0.774. The summed E-state index contributed by atoms with van der Waals surface area (Å²) in [6.07, 6.45) is 1.18. The first kappa shape index (κ1) is 14.8. The van der Waals surface area contributed by atoms with Gasteiger partial charge in [0.2, 0.25) is 0 Å². The van der Waals surface area contributed by atoms with Crippen molar-refractivity contribution in [1.82, 2.24) is 10.3 Å². The van der Waals surface area contributed by atoms with Crippen molar-refractivity contribution < 1.29 is 13.2 Å². The molecule has 1 heterocycles. The highest BCUT2D eigenvalue weighted by molar-refractivity contribution is 7.92. The Balaban J connectivity index is 2.20. The molecule has 0 aliphatic carbocycles. The molecule has 2 rings (SSSR count). The van der Waals surface area contributed by atoms with Crippen LogP contribution in [0.3, 0.4) is 0 Å². The third-order valence-electron chi connectivity index (χ3n) is 2.70. The number of carbonyl (C=O) groups is 1. The lowest BCUT2D eigenvalue weighted by Gasteiger charge is -2.08. The number of pyridine rings is 1. The van der Waals surface area contributed by atoms with E-state index in [2.05, 4.69) is 15.0 Å². The van der Waals surface area contributed by atoms with Gasteiger partial charge >= 0.3 is 0 Å². The number of amides is 1. The van der Waals surface area contributed by atoms with Gasteiger partial charge < -0.3 is 11.1 Å². The zero-order valence-corrected chi connectivity index (χ0v) is 12.0. The van der Waals surface area contributed by atoms with E-state index in [0.29, 0.717) is 11.3 Å². The maximum atomic E-state index is 12.1. The third-order valence-corrected chi connectivity index (χ3v) is 4.06. The van der Waals surface area contributed by atoms with Gasteiger partial charge in [0.05, 0.1) is 0 Å². The number of hydrogen-bond acceptors (Lipinski definition) is 5.